The van der Waals surface area contributed by atoms with E-state index in [0.717, 1.165) is 11.3 Å². The Hall–Kier alpha value is -1.82. The van der Waals surface area contributed by atoms with Crippen LogP contribution in [0.2, 0.25) is 0 Å². The minimum Gasteiger partial charge on any atom is -0.461 e. The molecule has 1 aliphatic rings. The summed E-state index contributed by atoms with van der Waals surface area (Å²) < 4.78 is 4.94. The van der Waals surface area contributed by atoms with Crippen LogP contribution in [-0.4, -0.2) is 45.3 Å². The number of fused-ring (bicyclic) bond motifs is 1. The van der Waals surface area contributed by atoms with Crippen LogP contribution >= 0.6 is 0 Å². The molecule has 116 valence electrons. The normalized spacial score (nSPS) is 21.7. The highest BCUT2D eigenvalue weighted by atomic mass is 16.5. The van der Waals surface area contributed by atoms with E-state index in [4.69, 9.17) is 4.74 Å². The summed E-state index contributed by atoms with van der Waals surface area (Å²) in [6, 6.07) is 1.78. The number of carbonyl (C=O) groups is 2. The second-order valence-electron chi connectivity index (χ2n) is 6.46. The van der Waals surface area contributed by atoms with Crippen molar-refractivity contribution in [2.24, 2.45) is 0 Å². The van der Waals surface area contributed by atoms with Gasteiger partial charge in [0.2, 0.25) is 0 Å². The molecule has 21 heavy (non-hydrogen) atoms. The van der Waals surface area contributed by atoms with Gasteiger partial charge in [-0.2, -0.15) is 4.79 Å². The van der Waals surface area contributed by atoms with E-state index in [-0.39, 0.29) is 4.48 Å². The quantitative estimate of drug-likeness (QED) is 0.649. The van der Waals surface area contributed by atoms with Gasteiger partial charge in [-0.25, -0.2) is 9.28 Å². The zero-order chi connectivity index (χ0) is 15.8. The SMILES string of the molecule is CCOC(=O)c1cc2c([nH]1)C[N+](C(=O)O)(C(C)(C)C)CC2. The van der Waals surface area contributed by atoms with Gasteiger partial charge >= 0.3 is 12.1 Å². The second kappa shape index (κ2) is 5.18. The number of carboxylic acid groups (broad SMARTS) is 1. The fourth-order valence-electron chi connectivity index (χ4n) is 2.91. The maximum atomic E-state index is 11.8. The zero-order valence-electron chi connectivity index (χ0n) is 13.0. The molecule has 0 saturated heterocycles. The molecular formula is C15H23N2O4+. The van der Waals surface area contributed by atoms with Crippen LogP contribution in [0.15, 0.2) is 6.07 Å². The molecule has 2 heterocycles. The predicted octanol–water partition coefficient (Wildman–Crippen LogP) is 2.54. The first-order chi connectivity index (χ1) is 9.71. The van der Waals surface area contributed by atoms with Crippen molar-refractivity contribution in [3.63, 3.8) is 0 Å². The largest absolute Gasteiger partial charge is 0.514 e. The molecule has 2 rings (SSSR count). The summed E-state index contributed by atoms with van der Waals surface area (Å²) in [4.78, 5) is 26.7. The monoisotopic (exact) mass is 295 g/mol. The fraction of sp³-hybridized carbons (Fsp3) is 0.600. The Morgan fingerprint density at radius 1 is 1.43 bits per heavy atom. The van der Waals surface area contributed by atoms with E-state index in [1.807, 2.05) is 20.8 Å². The van der Waals surface area contributed by atoms with Crippen LogP contribution in [0.5, 0.6) is 0 Å². The minimum atomic E-state index is -0.833. The summed E-state index contributed by atoms with van der Waals surface area (Å²) in [6.07, 6.45) is -0.199. The van der Waals surface area contributed by atoms with Crippen LogP contribution in [0.3, 0.4) is 0 Å². The lowest BCUT2D eigenvalue weighted by Crippen LogP contribution is -2.64. The van der Waals surface area contributed by atoms with E-state index in [1.54, 1.807) is 13.0 Å². The van der Waals surface area contributed by atoms with Crippen LogP contribution in [0, 0.1) is 0 Å². The molecule has 6 nitrogen and oxygen atoms in total. The smallest absolute Gasteiger partial charge is 0.461 e. The third kappa shape index (κ3) is 2.55. The fourth-order valence-corrected chi connectivity index (χ4v) is 2.91. The molecule has 0 fully saturated rings. The number of amides is 1. The zero-order valence-corrected chi connectivity index (χ0v) is 13.0. The molecule has 0 saturated carbocycles. The van der Waals surface area contributed by atoms with Gasteiger partial charge in [0, 0.05) is 6.42 Å². The average Bonchev–Trinajstić information content (AvgIpc) is 2.79. The topological polar surface area (TPSA) is 79.4 Å². The lowest BCUT2D eigenvalue weighted by molar-refractivity contribution is -0.918. The van der Waals surface area contributed by atoms with Gasteiger partial charge in [-0.05, 0) is 39.3 Å². The van der Waals surface area contributed by atoms with Crippen molar-refractivity contribution < 1.29 is 23.9 Å². The van der Waals surface area contributed by atoms with Gasteiger partial charge in [0.25, 0.3) is 0 Å². The number of carbonyl (C=O) groups excluding carboxylic acids is 1. The molecule has 0 bridgehead atoms. The average molecular weight is 295 g/mol. The summed E-state index contributed by atoms with van der Waals surface area (Å²) in [7, 11) is 0. The van der Waals surface area contributed by atoms with E-state index in [2.05, 4.69) is 4.98 Å². The molecule has 1 unspecified atom stereocenters. The van der Waals surface area contributed by atoms with Crippen LogP contribution in [0.4, 0.5) is 4.79 Å². The standard InChI is InChI=1S/C15H22N2O4/c1-5-21-13(18)11-8-10-6-7-17(14(19)20,15(2,3)4)9-12(10)16-11/h8H,5-7,9H2,1-4H3,(H-,16,18,19,20)/p+1. The van der Waals surface area contributed by atoms with Gasteiger partial charge in [0.05, 0.1) is 18.8 Å². The molecule has 0 radical (unpaired) electrons. The molecule has 1 amide bonds. The number of aromatic amines is 1. The lowest BCUT2D eigenvalue weighted by atomic mass is 9.95. The molecule has 2 N–H and O–H groups in total. The van der Waals surface area contributed by atoms with Crippen LogP contribution in [0.1, 0.15) is 49.4 Å². The third-order valence-corrected chi connectivity index (χ3v) is 4.33. The Balaban J connectivity index is 2.36. The highest BCUT2D eigenvalue weighted by Crippen LogP contribution is 2.34. The van der Waals surface area contributed by atoms with Crippen molar-refractivity contribution in [1.82, 2.24) is 4.98 Å². The van der Waals surface area contributed by atoms with Crippen molar-refractivity contribution in [2.75, 3.05) is 13.2 Å². The van der Waals surface area contributed by atoms with Crippen LogP contribution in [0.25, 0.3) is 0 Å². The number of ether oxygens (including phenoxy) is 1. The summed E-state index contributed by atoms with van der Waals surface area (Å²) >= 11 is 0. The molecule has 0 aromatic carbocycles. The van der Waals surface area contributed by atoms with Crippen molar-refractivity contribution in [2.45, 2.75) is 46.2 Å². The molecule has 1 aromatic heterocycles. The van der Waals surface area contributed by atoms with E-state index in [9.17, 15) is 14.7 Å². The Labute approximate surface area is 124 Å². The van der Waals surface area contributed by atoms with Gasteiger partial charge in [-0.3, -0.25) is 0 Å². The molecule has 0 aliphatic carbocycles. The maximum Gasteiger partial charge on any atom is 0.514 e. The number of aromatic nitrogens is 1. The molecule has 0 spiro atoms. The minimum absolute atomic E-state index is 0.0389. The van der Waals surface area contributed by atoms with Crippen LogP contribution in [-0.2, 0) is 17.7 Å². The van der Waals surface area contributed by atoms with Gasteiger partial charge < -0.3 is 14.8 Å². The number of H-pyrrole nitrogens is 1. The van der Waals surface area contributed by atoms with E-state index in [1.165, 1.54) is 0 Å². The number of nitrogens with zero attached hydrogens (tertiary/aromatic N) is 1. The Morgan fingerprint density at radius 3 is 2.62 bits per heavy atom. The molecule has 1 aromatic rings. The molecule has 6 heteroatoms. The Kier molecular flexibility index (Phi) is 3.84. The first-order valence-electron chi connectivity index (χ1n) is 7.20. The number of hydrogen-bond acceptors (Lipinski definition) is 3. The molecular weight excluding hydrogens is 272 g/mol. The third-order valence-electron chi connectivity index (χ3n) is 4.33. The second-order valence-corrected chi connectivity index (χ2v) is 6.46. The summed E-state index contributed by atoms with van der Waals surface area (Å²) in [6.45, 7) is 8.75. The van der Waals surface area contributed by atoms with Crippen molar-refractivity contribution in [3.8, 4) is 0 Å². The molecule has 1 aliphatic heterocycles. The summed E-state index contributed by atoms with van der Waals surface area (Å²) in [5, 5.41) is 9.72. The van der Waals surface area contributed by atoms with Gasteiger partial charge in [0.15, 0.2) is 0 Å². The van der Waals surface area contributed by atoms with Crippen molar-refractivity contribution in [3.05, 3.63) is 23.0 Å². The van der Waals surface area contributed by atoms with Gasteiger partial charge in [0.1, 0.15) is 17.8 Å². The number of hydrogen-bond donors (Lipinski definition) is 2. The predicted molar refractivity (Wildman–Crippen MR) is 77.1 cm³/mol. The number of rotatable bonds is 2. The van der Waals surface area contributed by atoms with E-state index >= 15 is 0 Å². The highest BCUT2D eigenvalue weighted by Gasteiger charge is 2.50. The van der Waals surface area contributed by atoms with Crippen molar-refractivity contribution >= 4 is 12.1 Å². The van der Waals surface area contributed by atoms with E-state index < -0.39 is 17.6 Å². The van der Waals surface area contributed by atoms with E-state index in [0.29, 0.717) is 31.8 Å². The lowest BCUT2D eigenvalue weighted by Gasteiger charge is -2.45. The number of nitrogens with one attached hydrogen (secondary N) is 1. The Morgan fingerprint density at radius 2 is 2.10 bits per heavy atom. The first kappa shape index (κ1) is 15.6. The maximum absolute atomic E-state index is 11.8. The Bertz CT molecular complexity index is 571. The number of quaternary nitrogens is 1. The molecule has 1 atom stereocenters. The highest BCUT2D eigenvalue weighted by molar-refractivity contribution is 5.88. The van der Waals surface area contributed by atoms with Crippen molar-refractivity contribution in [1.29, 1.82) is 0 Å². The van der Waals surface area contributed by atoms with Gasteiger partial charge in [-0.15, -0.1) is 0 Å². The van der Waals surface area contributed by atoms with Gasteiger partial charge in [-0.1, -0.05) is 0 Å². The number of esters is 1. The summed E-state index contributed by atoms with van der Waals surface area (Å²) in [5.41, 5.74) is 1.82. The first-order valence-corrected chi connectivity index (χ1v) is 7.20. The van der Waals surface area contributed by atoms with Crippen LogP contribution < -0.4 is 0 Å². The summed E-state index contributed by atoms with van der Waals surface area (Å²) in [5.74, 6) is -0.393.